The summed E-state index contributed by atoms with van der Waals surface area (Å²) in [7, 11) is 0. The molecule has 0 radical (unpaired) electrons. The van der Waals surface area contributed by atoms with Crippen molar-refractivity contribution in [3.05, 3.63) is 51.2 Å². The molecular formula is C17H21FN2OS. The molecule has 2 atom stereocenters. The van der Waals surface area contributed by atoms with Gasteiger partial charge in [-0.1, -0.05) is 12.1 Å². The first-order chi connectivity index (χ1) is 10.5. The van der Waals surface area contributed by atoms with Crippen molar-refractivity contribution in [3.8, 4) is 0 Å². The number of nitrogens with zero attached hydrogens (tertiary/aromatic N) is 1. The Bertz CT molecular complexity index is 651. The molecule has 2 N–H and O–H groups in total. The second-order valence-corrected chi connectivity index (χ2v) is 7.39. The van der Waals surface area contributed by atoms with Gasteiger partial charge in [0.05, 0.1) is 16.3 Å². The summed E-state index contributed by atoms with van der Waals surface area (Å²) in [5.41, 5.74) is 0.899. The molecule has 3 rings (SSSR count). The van der Waals surface area contributed by atoms with Crippen LogP contribution in [0.25, 0.3) is 0 Å². The van der Waals surface area contributed by atoms with Crippen LogP contribution in [0.5, 0.6) is 0 Å². The van der Waals surface area contributed by atoms with Crippen LogP contribution in [0.4, 0.5) is 4.39 Å². The fourth-order valence-electron chi connectivity index (χ4n) is 2.97. The molecule has 0 unspecified atom stereocenters. The van der Waals surface area contributed by atoms with Gasteiger partial charge in [-0.15, -0.1) is 11.3 Å². The number of thiazole rings is 1. The fourth-order valence-corrected chi connectivity index (χ4v) is 4.05. The molecule has 1 aromatic heterocycles. The predicted molar refractivity (Wildman–Crippen MR) is 86.5 cm³/mol. The molecule has 0 bridgehead atoms. The molecule has 1 aromatic carbocycles. The highest BCUT2D eigenvalue weighted by Gasteiger charge is 2.28. The first-order valence-corrected chi connectivity index (χ1v) is 8.45. The zero-order valence-corrected chi connectivity index (χ0v) is 13.7. The molecule has 118 valence electrons. The SMILES string of the molecule is Cc1nc2c(s1)[C@@H](NC[C@](C)(O)c1ccc(F)cc1)CCC2. The van der Waals surface area contributed by atoms with Gasteiger partial charge in [-0.05, 0) is 50.8 Å². The summed E-state index contributed by atoms with van der Waals surface area (Å²) >= 11 is 1.74. The van der Waals surface area contributed by atoms with E-state index in [0.29, 0.717) is 6.54 Å². The van der Waals surface area contributed by atoms with E-state index in [0.717, 1.165) is 29.8 Å². The summed E-state index contributed by atoms with van der Waals surface area (Å²) < 4.78 is 13.0. The normalized spacial score (nSPS) is 20.5. The molecule has 0 fully saturated rings. The summed E-state index contributed by atoms with van der Waals surface area (Å²) in [6.07, 6.45) is 3.23. The topological polar surface area (TPSA) is 45.2 Å². The van der Waals surface area contributed by atoms with Crippen LogP contribution in [0.2, 0.25) is 0 Å². The molecule has 3 nitrogen and oxygen atoms in total. The van der Waals surface area contributed by atoms with Crippen molar-refractivity contribution in [2.24, 2.45) is 0 Å². The monoisotopic (exact) mass is 320 g/mol. The standard InChI is InChI=1S/C17H21FN2OS/c1-11-20-15-5-3-4-14(16(15)22-11)19-10-17(2,21)12-6-8-13(18)9-7-12/h6-9,14,19,21H,3-5,10H2,1-2H3/t14-,17-/m0/s1. The first kappa shape index (κ1) is 15.6. The van der Waals surface area contributed by atoms with Crippen LogP contribution in [-0.2, 0) is 12.0 Å². The number of aliphatic hydroxyl groups is 1. The number of fused-ring (bicyclic) bond motifs is 1. The second kappa shape index (κ2) is 6.07. The Labute approximate surface area is 134 Å². The number of benzene rings is 1. The molecule has 0 saturated carbocycles. The Hall–Kier alpha value is -1.30. The van der Waals surface area contributed by atoms with Crippen molar-refractivity contribution < 1.29 is 9.50 Å². The maximum absolute atomic E-state index is 13.0. The second-order valence-electron chi connectivity index (χ2n) is 6.15. The van der Waals surface area contributed by atoms with E-state index in [-0.39, 0.29) is 11.9 Å². The molecule has 2 aromatic rings. The highest BCUT2D eigenvalue weighted by molar-refractivity contribution is 7.11. The van der Waals surface area contributed by atoms with E-state index in [4.69, 9.17) is 0 Å². The van der Waals surface area contributed by atoms with Gasteiger partial charge in [0.2, 0.25) is 0 Å². The Kier molecular flexibility index (Phi) is 4.30. The Morgan fingerprint density at radius 2 is 2.14 bits per heavy atom. The number of halogens is 1. The summed E-state index contributed by atoms with van der Waals surface area (Å²) in [6, 6.07) is 6.30. The number of aromatic nitrogens is 1. The molecule has 5 heteroatoms. The van der Waals surface area contributed by atoms with E-state index in [1.165, 1.54) is 22.7 Å². The van der Waals surface area contributed by atoms with E-state index in [1.807, 2.05) is 6.92 Å². The van der Waals surface area contributed by atoms with Crippen molar-refractivity contribution in [1.29, 1.82) is 0 Å². The minimum absolute atomic E-state index is 0.252. The zero-order chi connectivity index (χ0) is 15.7. The van der Waals surface area contributed by atoms with Crippen molar-refractivity contribution in [2.45, 2.75) is 44.8 Å². The highest BCUT2D eigenvalue weighted by Crippen LogP contribution is 2.34. The fraction of sp³-hybridized carbons (Fsp3) is 0.471. The van der Waals surface area contributed by atoms with E-state index >= 15 is 0 Å². The van der Waals surface area contributed by atoms with Gasteiger partial charge in [0, 0.05) is 17.5 Å². The van der Waals surface area contributed by atoms with Gasteiger partial charge in [0.1, 0.15) is 5.82 Å². The number of rotatable bonds is 4. The Morgan fingerprint density at radius 3 is 2.86 bits per heavy atom. The number of nitrogens with one attached hydrogen (secondary N) is 1. The molecular weight excluding hydrogens is 299 g/mol. The summed E-state index contributed by atoms with van der Waals surface area (Å²) in [4.78, 5) is 5.89. The summed E-state index contributed by atoms with van der Waals surface area (Å²) in [5.74, 6) is -0.287. The van der Waals surface area contributed by atoms with Crippen LogP contribution in [-0.4, -0.2) is 16.6 Å². The lowest BCUT2D eigenvalue weighted by Gasteiger charge is -2.29. The van der Waals surface area contributed by atoms with Gasteiger partial charge < -0.3 is 10.4 Å². The van der Waals surface area contributed by atoms with Crippen LogP contribution in [0, 0.1) is 12.7 Å². The third-order valence-corrected chi connectivity index (χ3v) is 5.34. The van der Waals surface area contributed by atoms with Crippen molar-refractivity contribution in [2.75, 3.05) is 6.54 Å². The Balaban J connectivity index is 1.71. The molecule has 1 heterocycles. The van der Waals surface area contributed by atoms with Gasteiger partial charge >= 0.3 is 0 Å². The van der Waals surface area contributed by atoms with Crippen LogP contribution in [0.15, 0.2) is 24.3 Å². The predicted octanol–water partition coefficient (Wildman–Crippen LogP) is 3.47. The van der Waals surface area contributed by atoms with Gasteiger partial charge in [0.15, 0.2) is 0 Å². The Morgan fingerprint density at radius 1 is 1.41 bits per heavy atom. The molecule has 1 aliphatic carbocycles. The smallest absolute Gasteiger partial charge is 0.123 e. The zero-order valence-electron chi connectivity index (χ0n) is 12.9. The van der Waals surface area contributed by atoms with E-state index in [2.05, 4.69) is 10.3 Å². The van der Waals surface area contributed by atoms with Crippen molar-refractivity contribution in [3.63, 3.8) is 0 Å². The maximum Gasteiger partial charge on any atom is 0.123 e. The third kappa shape index (κ3) is 3.21. The van der Waals surface area contributed by atoms with Gasteiger partial charge in [-0.25, -0.2) is 9.37 Å². The lowest BCUT2D eigenvalue weighted by atomic mass is 9.93. The van der Waals surface area contributed by atoms with Gasteiger partial charge in [-0.2, -0.15) is 0 Å². The molecule has 0 saturated heterocycles. The van der Waals surface area contributed by atoms with Gasteiger partial charge in [0.25, 0.3) is 0 Å². The minimum Gasteiger partial charge on any atom is -0.384 e. The summed E-state index contributed by atoms with van der Waals surface area (Å²) in [5, 5.41) is 15.2. The van der Waals surface area contributed by atoms with E-state index in [9.17, 15) is 9.50 Å². The number of hydrogen-bond acceptors (Lipinski definition) is 4. The third-order valence-electron chi connectivity index (χ3n) is 4.22. The first-order valence-electron chi connectivity index (χ1n) is 7.64. The molecule has 0 amide bonds. The summed E-state index contributed by atoms with van der Waals surface area (Å²) in [6.45, 7) is 4.23. The minimum atomic E-state index is -1.02. The largest absolute Gasteiger partial charge is 0.384 e. The van der Waals surface area contributed by atoms with Crippen LogP contribution in [0.3, 0.4) is 0 Å². The highest BCUT2D eigenvalue weighted by atomic mass is 32.1. The van der Waals surface area contributed by atoms with Crippen LogP contribution >= 0.6 is 11.3 Å². The number of aryl methyl sites for hydroxylation is 2. The van der Waals surface area contributed by atoms with Crippen LogP contribution < -0.4 is 5.32 Å². The van der Waals surface area contributed by atoms with E-state index in [1.54, 1.807) is 30.4 Å². The lowest BCUT2D eigenvalue weighted by Crippen LogP contribution is -2.38. The lowest BCUT2D eigenvalue weighted by molar-refractivity contribution is 0.0531. The van der Waals surface area contributed by atoms with Crippen LogP contribution in [0.1, 0.15) is 46.9 Å². The molecule has 1 aliphatic rings. The number of hydrogen-bond donors (Lipinski definition) is 2. The van der Waals surface area contributed by atoms with E-state index < -0.39 is 5.60 Å². The molecule has 22 heavy (non-hydrogen) atoms. The van der Waals surface area contributed by atoms with Crippen molar-refractivity contribution in [1.82, 2.24) is 10.3 Å². The maximum atomic E-state index is 13.0. The van der Waals surface area contributed by atoms with Gasteiger partial charge in [-0.3, -0.25) is 0 Å². The average molecular weight is 320 g/mol. The average Bonchev–Trinajstić information content (AvgIpc) is 2.86. The van der Waals surface area contributed by atoms with Crippen molar-refractivity contribution >= 4 is 11.3 Å². The molecule has 0 aliphatic heterocycles. The quantitative estimate of drug-likeness (QED) is 0.907. The molecule has 0 spiro atoms.